The molecule has 126 valence electrons. The van der Waals surface area contributed by atoms with E-state index in [1.807, 2.05) is 48.7 Å². The Morgan fingerprint density at radius 2 is 1.56 bits per heavy atom. The minimum absolute atomic E-state index is 0.428. The van der Waals surface area contributed by atoms with Gasteiger partial charge in [0.25, 0.3) is 0 Å². The molecule has 0 aliphatic rings. The number of nitrogens with zero attached hydrogens (tertiary/aromatic N) is 2. The molecule has 3 heteroatoms. The molecular formula is C22H22N2O. The summed E-state index contributed by atoms with van der Waals surface area (Å²) in [5.74, 6) is 0. The standard InChI is InChI=1S/C22H22N2O/c1-2-3-4-11-16-25-22-23-17-20(18-12-7-5-8-13-18)21(24-22)19-14-9-6-10-15-19/h2,5-10,12-15,17H,1,3-4,11,16H2. The normalized spacial score (nSPS) is 10.4. The second-order valence-corrected chi connectivity index (χ2v) is 5.78. The molecular weight excluding hydrogens is 308 g/mol. The van der Waals surface area contributed by atoms with Gasteiger partial charge in [0.05, 0.1) is 12.3 Å². The maximum atomic E-state index is 5.75. The molecule has 0 fully saturated rings. The van der Waals surface area contributed by atoms with E-state index in [1.54, 1.807) is 0 Å². The summed E-state index contributed by atoms with van der Waals surface area (Å²) in [7, 11) is 0. The van der Waals surface area contributed by atoms with Gasteiger partial charge in [0.15, 0.2) is 0 Å². The summed E-state index contributed by atoms with van der Waals surface area (Å²) in [6.07, 6.45) is 6.82. The van der Waals surface area contributed by atoms with Crippen LogP contribution in [0.25, 0.3) is 22.4 Å². The molecule has 3 aromatic rings. The number of ether oxygens (including phenoxy) is 1. The summed E-state index contributed by atoms with van der Waals surface area (Å²) >= 11 is 0. The molecule has 0 saturated heterocycles. The molecule has 25 heavy (non-hydrogen) atoms. The first-order valence-electron chi connectivity index (χ1n) is 8.60. The molecule has 0 saturated carbocycles. The number of hydrogen-bond donors (Lipinski definition) is 0. The summed E-state index contributed by atoms with van der Waals surface area (Å²) in [5, 5.41) is 0. The van der Waals surface area contributed by atoms with Crippen LogP contribution in [0.2, 0.25) is 0 Å². The Labute approximate surface area is 149 Å². The number of hydrogen-bond acceptors (Lipinski definition) is 3. The van der Waals surface area contributed by atoms with Crippen LogP contribution in [0.1, 0.15) is 19.3 Å². The highest BCUT2D eigenvalue weighted by atomic mass is 16.5. The van der Waals surface area contributed by atoms with Crippen molar-refractivity contribution in [2.45, 2.75) is 19.3 Å². The van der Waals surface area contributed by atoms with E-state index >= 15 is 0 Å². The number of benzene rings is 2. The van der Waals surface area contributed by atoms with Crippen LogP contribution in [0, 0.1) is 0 Å². The van der Waals surface area contributed by atoms with Crippen molar-refractivity contribution in [3.05, 3.63) is 79.5 Å². The molecule has 0 atom stereocenters. The van der Waals surface area contributed by atoms with Crippen LogP contribution < -0.4 is 4.74 Å². The summed E-state index contributed by atoms with van der Waals surface area (Å²) in [5.41, 5.74) is 4.05. The molecule has 0 radical (unpaired) electrons. The Bertz CT molecular complexity index is 801. The molecule has 0 aliphatic carbocycles. The molecule has 1 aromatic heterocycles. The lowest BCUT2D eigenvalue weighted by Crippen LogP contribution is -2.03. The van der Waals surface area contributed by atoms with Gasteiger partial charge in [-0.3, -0.25) is 0 Å². The van der Waals surface area contributed by atoms with Crippen molar-refractivity contribution in [3.8, 4) is 28.4 Å². The van der Waals surface area contributed by atoms with Crippen molar-refractivity contribution >= 4 is 0 Å². The zero-order valence-electron chi connectivity index (χ0n) is 14.3. The summed E-state index contributed by atoms with van der Waals surface area (Å²) in [4.78, 5) is 9.09. The van der Waals surface area contributed by atoms with Crippen molar-refractivity contribution in [3.63, 3.8) is 0 Å². The van der Waals surface area contributed by atoms with Crippen molar-refractivity contribution in [2.75, 3.05) is 6.61 Å². The van der Waals surface area contributed by atoms with Crippen molar-refractivity contribution in [1.82, 2.24) is 9.97 Å². The van der Waals surface area contributed by atoms with E-state index < -0.39 is 0 Å². The van der Waals surface area contributed by atoms with Crippen LogP contribution in [-0.2, 0) is 0 Å². The maximum absolute atomic E-state index is 5.75. The quantitative estimate of drug-likeness (QED) is 0.401. The lowest BCUT2D eigenvalue weighted by molar-refractivity contribution is 0.284. The average Bonchev–Trinajstić information content (AvgIpc) is 2.69. The fourth-order valence-electron chi connectivity index (χ4n) is 2.63. The first-order valence-corrected chi connectivity index (χ1v) is 8.60. The fourth-order valence-corrected chi connectivity index (χ4v) is 2.63. The van der Waals surface area contributed by atoms with Crippen LogP contribution in [0.5, 0.6) is 6.01 Å². The predicted octanol–water partition coefficient (Wildman–Crippen LogP) is 5.55. The van der Waals surface area contributed by atoms with E-state index in [1.165, 1.54) is 0 Å². The van der Waals surface area contributed by atoms with E-state index in [0.29, 0.717) is 12.6 Å². The van der Waals surface area contributed by atoms with Gasteiger partial charge in [-0.25, -0.2) is 4.98 Å². The zero-order valence-corrected chi connectivity index (χ0v) is 14.3. The van der Waals surface area contributed by atoms with E-state index in [0.717, 1.165) is 41.6 Å². The molecule has 0 N–H and O–H groups in total. The van der Waals surface area contributed by atoms with Crippen molar-refractivity contribution in [2.24, 2.45) is 0 Å². The van der Waals surface area contributed by atoms with Crippen molar-refractivity contribution < 1.29 is 4.74 Å². The topological polar surface area (TPSA) is 35.0 Å². The minimum atomic E-state index is 0.428. The molecule has 3 nitrogen and oxygen atoms in total. The smallest absolute Gasteiger partial charge is 0.316 e. The SMILES string of the molecule is C=CCCCCOc1ncc(-c2ccccc2)c(-c2ccccc2)n1. The molecule has 2 aromatic carbocycles. The highest BCUT2D eigenvalue weighted by molar-refractivity contribution is 5.80. The van der Waals surface area contributed by atoms with E-state index in [2.05, 4.69) is 40.8 Å². The van der Waals surface area contributed by atoms with Crippen molar-refractivity contribution in [1.29, 1.82) is 0 Å². The van der Waals surface area contributed by atoms with Gasteiger partial charge >= 0.3 is 6.01 Å². The monoisotopic (exact) mass is 330 g/mol. The van der Waals surface area contributed by atoms with Gasteiger partial charge in [-0.15, -0.1) is 6.58 Å². The Balaban J connectivity index is 1.88. The minimum Gasteiger partial charge on any atom is -0.463 e. The third-order valence-corrected chi connectivity index (χ3v) is 3.93. The lowest BCUT2D eigenvalue weighted by Gasteiger charge is -2.11. The molecule has 0 unspecified atom stereocenters. The summed E-state index contributed by atoms with van der Waals surface area (Å²) < 4.78 is 5.75. The molecule has 0 bridgehead atoms. The Kier molecular flexibility index (Phi) is 5.94. The van der Waals surface area contributed by atoms with E-state index in [9.17, 15) is 0 Å². The Morgan fingerprint density at radius 1 is 0.880 bits per heavy atom. The van der Waals surface area contributed by atoms with Gasteiger partial charge in [0, 0.05) is 17.3 Å². The third-order valence-electron chi connectivity index (χ3n) is 3.93. The van der Waals surface area contributed by atoms with Crippen LogP contribution in [0.4, 0.5) is 0 Å². The van der Waals surface area contributed by atoms with Crippen LogP contribution in [0.3, 0.4) is 0 Å². The molecule has 0 aliphatic heterocycles. The second-order valence-electron chi connectivity index (χ2n) is 5.78. The Hall–Kier alpha value is -2.94. The average molecular weight is 330 g/mol. The number of aromatic nitrogens is 2. The van der Waals surface area contributed by atoms with Gasteiger partial charge in [-0.05, 0) is 24.8 Å². The summed E-state index contributed by atoms with van der Waals surface area (Å²) in [6, 6.07) is 20.8. The number of rotatable bonds is 8. The maximum Gasteiger partial charge on any atom is 0.316 e. The Morgan fingerprint density at radius 3 is 2.24 bits per heavy atom. The van der Waals surface area contributed by atoms with Gasteiger partial charge in [-0.1, -0.05) is 66.7 Å². The largest absolute Gasteiger partial charge is 0.463 e. The van der Waals surface area contributed by atoms with E-state index in [-0.39, 0.29) is 0 Å². The van der Waals surface area contributed by atoms with Gasteiger partial charge in [0.1, 0.15) is 0 Å². The predicted molar refractivity (Wildman–Crippen MR) is 102 cm³/mol. The van der Waals surface area contributed by atoms with Gasteiger partial charge in [-0.2, -0.15) is 4.98 Å². The van der Waals surface area contributed by atoms with Gasteiger partial charge in [0.2, 0.25) is 0 Å². The van der Waals surface area contributed by atoms with E-state index in [4.69, 9.17) is 4.74 Å². The summed E-state index contributed by atoms with van der Waals surface area (Å²) in [6.45, 7) is 4.35. The zero-order chi connectivity index (χ0) is 17.3. The highest BCUT2D eigenvalue weighted by Crippen LogP contribution is 2.30. The van der Waals surface area contributed by atoms with Gasteiger partial charge < -0.3 is 4.74 Å². The van der Waals surface area contributed by atoms with Crippen LogP contribution >= 0.6 is 0 Å². The first kappa shape index (κ1) is 16.9. The number of allylic oxidation sites excluding steroid dienone is 1. The first-order chi connectivity index (χ1) is 12.4. The third kappa shape index (κ3) is 4.54. The number of unbranched alkanes of at least 4 members (excludes halogenated alkanes) is 2. The highest BCUT2D eigenvalue weighted by Gasteiger charge is 2.12. The molecule has 3 rings (SSSR count). The lowest BCUT2D eigenvalue weighted by atomic mass is 10.0. The van der Waals surface area contributed by atoms with Crippen LogP contribution in [0.15, 0.2) is 79.5 Å². The second kappa shape index (κ2) is 8.78. The molecule has 0 spiro atoms. The fraction of sp³-hybridized carbons (Fsp3) is 0.182. The molecule has 1 heterocycles. The molecule has 0 amide bonds. The van der Waals surface area contributed by atoms with Crippen LogP contribution in [-0.4, -0.2) is 16.6 Å².